The van der Waals surface area contributed by atoms with E-state index in [1.807, 2.05) is 27.7 Å². The number of hydrogen-bond donors (Lipinski definition) is 0. The summed E-state index contributed by atoms with van der Waals surface area (Å²) in [5.74, 6) is 0.797. The van der Waals surface area contributed by atoms with Gasteiger partial charge in [0, 0.05) is 6.61 Å². The monoisotopic (exact) mass is 174 g/mol. The maximum absolute atomic E-state index is 5.39. The number of ether oxygens (including phenoxy) is 1. The molecule has 1 heterocycles. The third-order valence-corrected chi connectivity index (χ3v) is 1.73. The van der Waals surface area contributed by atoms with Gasteiger partial charge in [0.15, 0.2) is 0 Å². The molecule has 12 heavy (non-hydrogen) atoms. The summed E-state index contributed by atoms with van der Waals surface area (Å²) in [4.78, 5) is 0. The van der Waals surface area contributed by atoms with E-state index in [1.165, 1.54) is 12.8 Å². The van der Waals surface area contributed by atoms with Crippen LogP contribution in [0.4, 0.5) is 0 Å². The van der Waals surface area contributed by atoms with E-state index in [0.717, 1.165) is 12.5 Å². The van der Waals surface area contributed by atoms with Crippen molar-refractivity contribution in [3.63, 3.8) is 0 Å². The Labute approximate surface area is 78.5 Å². The smallest absolute Gasteiger partial charge is 0.0547 e. The van der Waals surface area contributed by atoms with Crippen LogP contribution in [0.5, 0.6) is 0 Å². The molecule has 0 aromatic heterocycles. The molecule has 0 N–H and O–H groups in total. The average molecular weight is 174 g/mol. The Morgan fingerprint density at radius 3 is 1.67 bits per heavy atom. The molecule has 0 aromatic carbocycles. The first-order valence-electron chi connectivity index (χ1n) is 5.40. The van der Waals surface area contributed by atoms with Crippen LogP contribution < -0.4 is 0 Å². The van der Waals surface area contributed by atoms with Gasteiger partial charge in [-0.1, -0.05) is 34.6 Å². The zero-order valence-corrected chi connectivity index (χ0v) is 9.68. The lowest BCUT2D eigenvalue weighted by atomic mass is 10.0. The van der Waals surface area contributed by atoms with E-state index in [0.29, 0.717) is 6.10 Å². The summed E-state index contributed by atoms with van der Waals surface area (Å²) in [5, 5.41) is 0. The topological polar surface area (TPSA) is 9.23 Å². The van der Waals surface area contributed by atoms with Crippen molar-refractivity contribution in [1.29, 1.82) is 0 Å². The fourth-order valence-corrected chi connectivity index (χ4v) is 1.01. The number of hydrogen-bond acceptors (Lipinski definition) is 1. The van der Waals surface area contributed by atoms with Gasteiger partial charge in [-0.05, 0) is 25.7 Å². The molecule has 0 bridgehead atoms. The van der Waals surface area contributed by atoms with E-state index in [9.17, 15) is 0 Å². The second kappa shape index (κ2) is 11.0. The van der Waals surface area contributed by atoms with Crippen molar-refractivity contribution >= 4 is 0 Å². The molecule has 1 rings (SSSR count). The lowest BCUT2D eigenvalue weighted by molar-refractivity contribution is 0.000267. The Morgan fingerprint density at radius 2 is 1.42 bits per heavy atom. The lowest BCUT2D eigenvalue weighted by Gasteiger charge is -2.23. The van der Waals surface area contributed by atoms with Gasteiger partial charge < -0.3 is 4.74 Å². The first-order valence-corrected chi connectivity index (χ1v) is 5.40. The molecule has 1 aliphatic rings. The van der Waals surface area contributed by atoms with Crippen molar-refractivity contribution < 1.29 is 4.74 Å². The van der Waals surface area contributed by atoms with Crippen molar-refractivity contribution in [3.05, 3.63) is 0 Å². The zero-order valence-electron chi connectivity index (χ0n) is 9.68. The summed E-state index contributed by atoms with van der Waals surface area (Å²) >= 11 is 0. The van der Waals surface area contributed by atoms with E-state index in [4.69, 9.17) is 4.74 Å². The normalized spacial score (nSPS) is 27.5. The Kier molecular flexibility index (Phi) is 13.2. The van der Waals surface area contributed by atoms with Crippen LogP contribution in [0.2, 0.25) is 0 Å². The van der Waals surface area contributed by atoms with Crippen molar-refractivity contribution in [1.82, 2.24) is 0 Å². The van der Waals surface area contributed by atoms with Crippen molar-refractivity contribution in [2.45, 2.75) is 60.5 Å². The highest BCUT2D eigenvalue weighted by Crippen LogP contribution is 2.16. The molecule has 0 aromatic rings. The Balaban J connectivity index is 0. The molecule has 1 aliphatic heterocycles. The van der Waals surface area contributed by atoms with Crippen molar-refractivity contribution in [3.8, 4) is 0 Å². The van der Waals surface area contributed by atoms with Gasteiger partial charge in [0.1, 0.15) is 0 Å². The molecule has 1 heteroatoms. The van der Waals surface area contributed by atoms with E-state index >= 15 is 0 Å². The zero-order chi connectivity index (χ0) is 9.98. The molecule has 2 atom stereocenters. The third-order valence-electron chi connectivity index (χ3n) is 1.73. The molecular formula is C11H26O. The minimum atomic E-state index is 0.520. The second-order valence-corrected chi connectivity index (χ2v) is 2.83. The van der Waals surface area contributed by atoms with Gasteiger partial charge in [-0.2, -0.15) is 0 Å². The highest BCUT2D eigenvalue weighted by Gasteiger charge is 2.13. The minimum Gasteiger partial charge on any atom is -0.378 e. The van der Waals surface area contributed by atoms with Gasteiger partial charge in [-0.25, -0.2) is 0 Å². The van der Waals surface area contributed by atoms with Gasteiger partial charge in [0.2, 0.25) is 0 Å². The van der Waals surface area contributed by atoms with Crippen LogP contribution in [0.25, 0.3) is 0 Å². The van der Waals surface area contributed by atoms with E-state index in [-0.39, 0.29) is 0 Å². The molecule has 76 valence electrons. The van der Waals surface area contributed by atoms with Gasteiger partial charge in [0.25, 0.3) is 0 Å². The minimum absolute atomic E-state index is 0.520. The van der Waals surface area contributed by atoms with Gasteiger partial charge >= 0.3 is 0 Å². The highest BCUT2D eigenvalue weighted by atomic mass is 16.5. The summed E-state index contributed by atoms with van der Waals surface area (Å²) in [7, 11) is 0. The number of rotatable bonds is 0. The fourth-order valence-electron chi connectivity index (χ4n) is 1.01. The largest absolute Gasteiger partial charge is 0.378 e. The van der Waals surface area contributed by atoms with E-state index < -0.39 is 0 Å². The standard InChI is InChI=1S/C7H14O.2C2H6/c1-6-3-4-7(2)8-5-6;2*1-2/h6-7H,3-5H2,1-2H3;2*1-2H3. The predicted octanol–water partition coefficient (Wildman–Crippen LogP) is 3.87. The summed E-state index contributed by atoms with van der Waals surface area (Å²) in [5.41, 5.74) is 0. The molecule has 1 fully saturated rings. The van der Waals surface area contributed by atoms with Crippen LogP contribution in [0.15, 0.2) is 0 Å². The third kappa shape index (κ3) is 8.06. The summed E-state index contributed by atoms with van der Waals surface area (Å²) in [6.07, 6.45) is 3.12. The molecule has 1 nitrogen and oxygen atoms in total. The Hall–Kier alpha value is -0.0400. The predicted molar refractivity (Wildman–Crippen MR) is 56.5 cm³/mol. The highest BCUT2D eigenvalue weighted by molar-refractivity contribution is 4.62. The molecular weight excluding hydrogens is 148 g/mol. The van der Waals surface area contributed by atoms with Gasteiger partial charge in [0.05, 0.1) is 6.10 Å². The first-order chi connectivity index (χ1) is 5.79. The Bertz CT molecular complexity index is 53.4. The van der Waals surface area contributed by atoms with Crippen LogP contribution in [-0.2, 0) is 4.74 Å². The summed E-state index contributed by atoms with van der Waals surface area (Å²) in [6, 6.07) is 0. The molecule has 2 unspecified atom stereocenters. The lowest BCUT2D eigenvalue weighted by Crippen LogP contribution is -2.21. The van der Waals surface area contributed by atoms with Crippen LogP contribution in [0, 0.1) is 5.92 Å². The van der Waals surface area contributed by atoms with Crippen LogP contribution in [0.1, 0.15) is 54.4 Å². The first kappa shape index (κ1) is 14.5. The summed E-state index contributed by atoms with van der Waals surface area (Å²) < 4.78 is 5.39. The van der Waals surface area contributed by atoms with Gasteiger partial charge in [-0.3, -0.25) is 0 Å². The second-order valence-electron chi connectivity index (χ2n) is 2.83. The molecule has 0 saturated carbocycles. The van der Waals surface area contributed by atoms with E-state index in [1.54, 1.807) is 0 Å². The van der Waals surface area contributed by atoms with Crippen LogP contribution in [-0.4, -0.2) is 12.7 Å². The molecule has 0 amide bonds. The molecule has 0 spiro atoms. The van der Waals surface area contributed by atoms with Crippen molar-refractivity contribution in [2.24, 2.45) is 5.92 Å². The molecule has 0 radical (unpaired) electrons. The SMILES string of the molecule is CC.CC.CC1CCC(C)OC1. The van der Waals surface area contributed by atoms with Gasteiger partial charge in [-0.15, -0.1) is 0 Å². The van der Waals surface area contributed by atoms with E-state index in [2.05, 4.69) is 13.8 Å². The quantitative estimate of drug-likeness (QED) is 0.541. The Morgan fingerprint density at radius 1 is 0.917 bits per heavy atom. The fraction of sp³-hybridized carbons (Fsp3) is 1.00. The van der Waals surface area contributed by atoms with Crippen LogP contribution in [0.3, 0.4) is 0 Å². The van der Waals surface area contributed by atoms with Crippen LogP contribution >= 0.6 is 0 Å². The molecule has 0 aliphatic carbocycles. The molecule has 1 saturated heterocycles. The van der Waals surface area contributed by atoms with Crippen molar-refractivity contribution in [2.75, 3.05) is 6.61 Å². The average Bonchev–Trinajstić information content (AvgIpc) is 2.17. The maximum atomic E-state index is 5.39. The maximum Gasteiger partial charge on any atom is 0.0547 e. The summed E-state index contributed by atoms with van der Waals surface area (Å²) in [6.45, 7) is 13.4.